The Balaban J connectivity index is 1.48. The molecule has 0 fully saturated rings. The molecule has 0 aliphatic heterocycles. The summed E-state index contributed by atoms with van der Waals surface area (Å²) in [5.74, 6) is -0.176. The third-order valence-electron chi connectivity index (χ3n) is 4.39. The lowest BCUT2D eigenvalue weighted by molar-refractivity contribution is -0.129. The van der Waals surface area contributed by atoms with Gasteiger partial charge >= 0.3 is 0 Å². The van der Waals surface area contributed by atoms with Crippen molar-refractivity contribution < 1.29 is 9.18 Å². The van der Waals surface area contributed by atoms with Gasteiger partial charge in [-0.1, -0.05) is 40.2 Å². The molecule has 0 aliphatic rings. The van der Waals surface area contributed by atoms with Gasteiger partial charge in [0, 0.05) is 29.3 Å². The summed E-state index contributed by atoms with van der Waals surface area (Å²) in [5, 5.41) is 7.24. The summed E-state index contributed by atoms with van der Waals surface area (Å²) < 4.78 is 14.3. The molecule has 1 aromatic heterocycles. The summed E-state index contributed by atoms with van der Waals surface area (Å²) >= 11 is 3.40. The van der Waals surface area contributed by atoms with Crippen LogP contribution in [0.4, 0.5) is 4.39 Å². The Kier molecular flexibility index (Phi) is 6.40. The summed E-state index contributed by atoms with van der Waals surface area (Å²) in [6.45, 7) is 0.670. The maximum atomic E-state index is 13.3. The van der Waals surface area contributed by atoms with Crippen LogP contribution < -0.4 is 0 Å². The van der Waals surface area contributed by atoms with E-state index in [0.717, 1.165) is 39.8 Å². The van der Waals surface area contributed by atoms with E-state index in [0.29, 0.717) is 13.0 Å². The van der Waals surface area contributed by atoms with Gasteiger partial charge in [0.1, 0.15) is 5.82 Å². The van der Waals surface area contributed by atoms with Crippen LogP contribution in [0.2, 0.25) is 0 Å². The third kappa shape index (κ3) is 5.50. The number of hydrogen-bond acceptors (Lipinski definition) is 2. The minimum absolute atomic E-state index is 0.0994. The molecule has 0 radical (unpaired) electrons. The molecule has 4 nitrogen and oxygen atoms in total. The van der Waals surface area contributed by atoms with Crippen molar-refractivity contribution in [2.24, 2.45) is 0 Å². The average molecular weight is 430 g/mol. The standard InChI is InChI=1S/C21H21BrFN3O/c1-26(21(27)12-15-7-9-17(22)10-8-15)11-3-6-19-14-20(25-24-19)16-4-2-5-18(23)13-16/h2,4-5,7-10,13-14H,3,6,11-12H2,1H3,(H,24,25). The Bertz CT molecular complexity index is 908. The molecule has 0 aliphatic carbocycles. The van der Waals surface area contributed by atoms with E-state index in [4.69, 9.17) is 0 Å². The number of likely N-dealkylation sites (N-methyl/N-ethyl adjacent to an activating group) is 1. The number of nitrogens with one attached hydrogen (secondary N) is 1. The Morgan fingerprint density at radius 1 is 1.19 bits per heavy atom. The van der Waals surface area contributed by atoms with Gasteiger partial charge in [-0.15, -0.1) is 0 Å². The van der Waals surface area contributed by atoms with Gasteiger partial charge in [-0.3, -0.25) is 9.89 Å². The SMILES string of the molecule is CN(CCCc1cc(-c2cccc(F)c2)n[nH]1)C(=O)Cc1ccc(Br)cc1. The number of rotatable bonds is 7. The molecule has 0 saturated carbocycles. The molecule has 2 aromatic carbocycles. The van der Waals surface area contributed by atoms with E-state index in [9.17, 15) is 9.18 Å². The fourth-order valence-corrected chi connectivity index (χ4v) is 3.09. The van der Waals surface area contributed by atoms with Crippen LogP contribution in [0.1, 0.15) is 17.7 Å². The molecule has 27 heavy (non-hydrogen) atoms. The molecule has 6 heteroatoms. The highest BCUT2D eigenvalue weighted by molar-refractivity contribution is 9.10. The van der Waals surface area contributed by atoms with Gasteiger partial charge in [-0.05, 0) is 48.7 Å². The van der Waals surface area contributed by atoms with Crippen molar-refractivity contribution >= 4 is 21.8 Å². The Morgan fingerprint density at radius 3 is 2.70 bits per heavy atom. The van der Waals surface area contributed by atoms with Crippen molar-refractivity contribution in [2.75, 3.05) is 13.6 Å². The van der Waals surface area contributed by atoms with Crippen molar-refractivity contribution in [1.82, 2.24) is 15.1 Å². The van der Waals surface area contributed by atoms with E-state index in [-0.39, 0.29) is 11.7 Å². The number of aryl methyl sites for hydroxylation is 1. The maximum absolute atomic E-state index is 13.3. The zero-order chi connectivity index (χ0) is 19.2. The number of halogens is 2. The average Bonchev–Trinajstić information content (AvgIpc) is 3.12. The van der Waals surface area contributed by atoms with Gasteiger partial charge in [-0.2, -0.15) is 5.10 Å². The fraction of sp³-hybridized carbons (Fsp3) is 0.238. The molecular formula is C21H21BrFN3O. The predicted molar refractivity (Wildman–Crippen MR) is 108 cm³/mol. The zero-order valence-electron chi connectivity index (χ0n) is 15.1. The molecule has 1 N–H and O–H groups in total. The number of hydrogen-bond donors (Lipinski definition) is 1. The fourth-order valence-electron chi connectivity index (χ4n) is 2.83. The molecule has 3 aromatic rings. The quantitative estimate of drug-likeness (QED) is 0.595. The lowest BCUT2D eigenvalue weighted by Gasteiger charge is -2.17. The van der Waals surface area contributed by atoms with Gasteiger partial charge in [-0.25, -0.2) is 4.39 Å². The van der Waals surface area contributed by atoms with Crippen LogP contribution in [-0.2, 0) is 17.6 Å². The summed E-state index contributed by atoms with van der Waals surface area (Å²) in [6, 6.07) is 16.1. The number of carbonyl (C=O) groups is 1. The second-order valence-electron chi connectivity index (χ2n) is 6.51. The molecule has 0 saturated heterocycles. The van der Waals surface area contributed by atoms with E-state index in [2.05, 4.69) is 26.1 Å². The van der Waals surface area contributed by atoms with Crippen molar-refractivity contribution in [3.05, 3.63) is 76.1 Å². The minimum atomic E-state index is -0.275. The smallest absolute Gasteiger partial charge is 0.226 e. The van der Waals surface area contributed by atoms with Crippen molar-refractivity contribution in [3.63, 3.8) is 0 Å². The highest BCUT2D eigenvalue weighted by atomic mass is 79.9. The second kappa shape index (κ2) is 8.95. The van der Waals surface area contributed by atoms with Gasteiger partial charge < -0.3 is 4.90 Å². The van der Waals surface area contributed by atoms with Crippen LogP contribution in [0.5, 0.6) is 0 Å². The summed E-state index contributed by atoms with van der Waals surface area (Å²) in [7, 11) is 1.83. The number of amides is 1. The van der Waals surface area contributed by atoms with Crippen LogP contribution in [0.25, 0.3) is 11.3 Å². The number of carbonyl (C=O) groups excluding carboxylic acids is 1. The van der Waals surface area contributed by atoms with Crippen molar-refractivity contribution in [3.8, 4) is 11.3 Å². The van der Waals surface area contributed by atoms with E-state index in [1.165, 1.54) is 12.1 Å². The van der Waals surface area contributed by atoms with E-state index in [1.54, 1.807) is 11.0 Å². The van der Waals surface area contributed by atoms with Crippen LogP contribution in [0.15, 0.2) is 59.1 Å². The Hall–Kier alpha value is -2.47. The predicted octanol–water partition coefficient (Wildman–Crippen LogP) is 4.61. The van der Waals surface area contributed by atoms with E-state index in [1.807, 2.05) is 43.4 Å². The molecule has 0 unspecified atom stereocenters. The number of aromatic nitrogens is 2. The van der Waals surface area contributed by atoms with Crippen LogP contribution in [0, 0.1) is 5.82 Å². The largest absolute Gasteiger partial charge is 0.345 e. The van der Waals surface area contributed by atoms with Gasteiger partial charge in [0.2, 0.25) is 5.91 Å². The summed E-state index contributed by atoms with van der Waals surface area (Å²) in [4.78, 5) is 14.1. The van der Waals surface area contributed by atoms with Gasteiger partial charge in [0.15, 0.2) is 0 Å². The number of benzene rings is 2. The highest BCUT2D eigenvalue weighted by Gasteiger charge is 2.10. The van der Waals surface area contributed by atoms with Crippen LogP contribution >= 0.6 is 15.9 Å². The van der Waals surface area contributed by atoms with Crippen molar-refractivity contribution in [1.29, 1.82) is 0 Å². The van der Waals surface area contributed by atoms with Crippen LogP contribution in [0.3, 0.4) is 0 Å². The molecule has 3 rings (SSSR count). The highest BCUT2D eigenvalue weighted by Crippen LogP contribution is 2.19. The summed E-state index contributed by atoms with van der Waals surface area (Å²) in [5.41, 5.74) is 3.45. The first-order valence-electron chi connectivity index (χ1n) is 8.80. The van der Waals surface area contributed by atoms with E-state index < -0.39 is 0 Å². The Morgan fingerprint density at radius 2 is 1.96 bits per heavy atom. The topological polar surface area (TPSA) is 49.0 Å². The van der Waals surface area contributed by atoms with E-state index >= 15 is 0 Å². The molecular weight excluding hydrogens is 409 g/mol. The summed E-state index contributed by atoms with van der Waals surface area (Å²) in [6.07, 6.45) is 2.00. The molecule has 1 heterocycles. The number of nitrogens with zero attached hydrogens (tertiary/aromatic N) is 2. The molecule has 0 atom stereocenters. The lowest BCUT2D eigenvalue weighted by atomic mass is 10.1. The molecule has 0 spiro atoms. The second-order valence-corrected chi connectivity index (χ2v) is 7.43. The first-order valence-corrected chi connectivity index (χ1v) is 9.59. The van der Waals surface area contributed by atoms with Crippen molar-refractivity contribution in [2.45, 2.75) is 19.3 Å². The first kappa shape index (κ1) is 19.3. The number of aromatic amines is 1. The maximum Gasteiger partial charge on any atom is 0.226 e. The van der Waals surface area contributed by atoms with Gasteiger partial charge in [0.25, 0.3) is 0 Å². The Labute approximate surface area is 166 Å². The molecule has 1 amide bonds. The van der Waals surface area contributed by atoms with Gasteiger partial charge in [0.05, 0.1) is 12.1 Å². The number of H-pyrrole nitrogens is 1. The molecule has 0 bridgehead atoms. The van der Waals surface area contributed by atoms with Crippen LogP contribution in [-0.4, -0.2) is 34.6 Å². The lowest BCUT2D eigenvalue weighted by Crippen LogP contribution is -2.29. The molecule has 140 valence electrons. The minimum Gasteiger partial charge on any atom is -0.345 e. The third-order valence-corrected chi connectivity index (χ3v) is 4.91. The first-order chi connectivity index (χ1) is 13.0. The zero-order valence-corrected chi connectivity index (χ0v) is 16.7. The normalized spacial score (nSPS) is 10.8. The monoisotopic (exact) mass is 429 g/mol.